The van der Waals surface area contributed by atoms with E-state index >= 15 is 0 Å². The van der Waals surface area contributed by atoms with Gasteiger partial charge in [-0.1, -0.05) is 23.7 Å². The number of carboxylic acid groups (broad SMARTS) is 1. The van der Waals surface area contributed by atoms with Crippen molar-refractivity contribution in [3.63, 3.8) is 0 Å². The van der Waals surface area contributed by atoms with Crippen LogP contribution in [0.25, 0.3) is 0 Å². The van der Waals surface area contributed by atoms with Crippen LogP contribution in [0.2, 0.25) is 5.02 Å². The fourth-order valence-corrected chi connectivity index (χ4v) is 7.15. The van der Waals surface area contributed by atoms with Gasteiger partial charge in [-0.05, 0) is 31.7 Å². The number of carbonyl (C=O) groups is 3. The number of ether oxygens (including phenoxy) is 1. The highest BCUT2D eigenvalue weighted by atomic mass is 35.5. The smallest absolute Gasteiger partial charge is 0.338 e. The number of nitrogens with one attached hydrogen (secondary N) is 1. The largest absolute Gasteiger partial charge is 0.481 e. The van der Waals surface area contributed by atoms with Gasteiger partial charge < -0.3 is 25.0 Å². The number of rotatable bonds is 9. The van der Waals surface area contributed by atoms with Gasteiger partial charge in [0.2, 0.25) is 0 Å². The summed E-state index contributed by atoms with van der Waals surface area (Å²) in [4.78, 5) is 52.9. The summed E-state index contributed by atoms with van der Waals surface area (Å²) in [6.07, 6.45) is 2.86. The Bertz CT molecular complexity index is 1480. The van der Waals surface area contributed by atoms with Crippen LogP contribution in [0.1, 0.15) is 36.4 Å². The van der Waals surface area contributed by atoms with Gasteiger partial charge >= 0.3 is 18.0 Å². The lowest BCUT2D eigenvalue weighted by molar-refractivity contribution is -0.146. The van der Waals surface area contributed by atoms with Gasteiger partial charge in [-0.25, -0.2) is 19.0 Å². The predicted octanol–water partition coefficient (Wildman–Crippen LogP) is 3.38. The van der Waals surface area contributed by atoms with Gasteiger partial charge in [0.25, 0.3) is 0 Å². The van der Waals surface area contributed by atoms with Crippen LogP contribution in [0.3, 0.4) is 0 Å². The number of amides is 2. The number of aliphatic carboxylic acids is 1. The molecule has 14 heteroatoms. The highest BCUT2D eigenvalue weighted by Gasteiger charge is 2.44. The molecule has 0 bridgehead atoms. The summed E-state index contributed by atoms with van der Waals surface area (Å²) in [5.74, 6) is -1.60. The number of hydrogen-bond acceptors (Lipinski definition) is 9. The Kier molecular flexibility index (Phi) is 8.38. The first-order chi connectivity index (χ1) is 20.7. The van der Waals surface area contributed by atoms with Gasteiger partial charge in [0, 0.05) is 62.1 Å². The van der Waals surface area contributed by atoms with Crippen molar-refractivity contribution < 1.29 is 28.6 Å². The number of thiazole rings is 1. The fourth-order valence-electron chi connectivity index (χ4n) is 6.34. The molecule has 1 aromatic carbocycles. The lowest BCUT2D eigenvalue weighted by Crippen LogP contribution is -2.53. The van der Waals surface area contributed by atoms with Crippen molar-refractivity contribution in [2.45, 2.75) is 31.8 Å². The third-order valence-electron chi connectivity index (χ3n) is 8.49. The Morgan fingerprint density at radius 2 is 2.07 bits per heavy atom. The molecule has 1 aliphatic carbocycles. The van der Waals surface area contributed by atoms with E-state index in [2.05, 4.69) is 15.2 Å². The van der Waals surface area contributed by atoms with E-state index < -0.39 is 23.8 Å². The Balaban J connectivity index is 1.25. The molecule has 2 N–H and O–H groups in total. The molecule has 3 aliphatic heterocycles. The fraction of sp³-hybridized carbons (Fsp3) is 0.483. The number of aromatic nitrogens is 1. The highest BCUT2D eigenvalue weighted by molar-refractivity contribution is 7.11. The zero-order valence-corrected chi connectivity index (χ0v) is 25.1. The van der Waals surface area contributed by atoms with Crippen LogP contribution in [-0.4, -0.2) is 101 Å². The van der Waals surface area contributed by atoms with Gasteiger partial charge in [-0.15, -0.1) is 11.3 Å². The number of carbonyl (C=O) groups excluding carboxylic acids is 2. The number of piperazine rings is 1. The van der Waals surface area contributed by atoms with Crippen LogP contribution >= 0.6 is 22.9 Å². The minimum absolute atomic E-state index is 0.00959. The molecule has 0 unspecified atom stereocenters. The van der Waals surface area contributed by atoms with E-state index in [9.17, 15) is 23.9 Å². The first kappa shape index (κ1) is 29.5. The number of amidine groups is 1. The SMILES string of the molecule is CCOC(=O)C1=C(CN2CCN3C(=O)N(CC4CC(C(=O)O)C4)C[C@@H]3C2)NC(c2nccs2)=N[C@H]1c1cccc(F)c1Cl. The summed E-state index contributed by atoms with van der Waals surface area (Å²) in [6, 6.07) is 3.48. The number of aliphatic imine (C=N–C) groups is 1. The number of hydrogen-bond donors (Lipinski definition) is 2. The molecule has 4 heterocycles. The lowest BCUT2D eigenvalue weighted by Gasteiger charge is -2.38. The maximum absolute atomic E-state index is 14.6. The number of carboxylic acids is 1. The molecule has 3 fully saturated rings. The average Bonchev–Trinajstić information content (AvgIpc) is 3.60. The second-order valence-electron chi connectivity index (χ2n) is 11.2. The van der Waals surface area contributed by atoms with E-state index in [1.165, 1.54) is 23.5 Å². The quantitative estimate of drug-likeness (QED) is 0.404. The summed E-state index contributed by atoms with van der Waals surface area (Å²) in [7, 11) is 0. The van der Waals surface area contributed by atoms with Crippen molar-refractivity contribution in [1.29, 1.82) is 0 Å². The first-order valence-electron chi connectivity index (χ1n) is 14.3. The second kappa shape index (κ2) is 12.2. The van der Waals surface area contributed by atoms with Crippen molar-refractivity contribution in [3.8, 4) is 0 Å². The monoisotopic (exact) mass is 630 g/mol. The number of nitrogens with zero attached hydrogens (tertiary/aromatic N) is 5. The number of fused-ring (bicyclic) bond motifs is 1. The number of urea groups is 1. The molecule has 6 rings (SSSR count). The van der Waals surface area contributed by atoms with E-state index in [1.54, 1.807) is 19.2 Å². The zero-order chi connectivity index (χ0) is 30.2. The van der Waals surface area contributed by atoms with E-state index in [0.717, 1.165) is 0 Å². The van der Waals surface area contributed by atoms with Crippen LogP contribution in [-0.2, 0) is 14.3 Å². The molecular formula is C29H32ClFN6O5S. The van der Waals surface area contributed by atoms with Crippen molar-refractivity contribution in [1.82, 2.24) is 25.0 Å². The van der Waals surface area contributed by atoms with E-state index in [-0.39, 0.29) is 41.1 Å². The highest BCUT2D eigenvalue weighted by Crippen LogP contribution is 2.38. The molecule has 11 nitrogen and oxygen atoms in total. The van der Waals surface area contributed by atoms with Crippen molar-refractivity contribution in [3.05, 3.63) is 62.5 Å². The van der Waals surface area contributed by atoms with Crippen molar-refractivity contribution in [2.75, 3.05) is 45.9 Å². The van der Waals surface area contributed by atoms with Crippen molar-refractivity contribution >= 4 is 46.7 Å². The number of esters is 1. The zero-order valence-electron chi connectivity index (χ0n) is 23.5. The molecule has 2 aromatic rings. The Morgan fingerprint density at radius 1 is 1.26 bits per heavy atom. The van der Waals surface area contributed by atoms with E-state index in [0.29, 0.717) is 74.2 Å². The third kappa shape index (κ3) is 5.85. The summed E-state index contributed by atoms with van der Waals surface area (Å²) in [6.45, 7) is 5.02. The average molecular weight is 631 g/mol. The van der Waals surface area contributed by atoms with E-state index in [1.807, 2.05) is 15.2 Å². The Morgan fingerprint density at radius 3 is 2.79 bits per heavy atom. The first-order valence-corrected chi connectivity index (χ1v) is 15.6. The van der Waals surface area contributed by atoms with Crippen LogP contribution in [0.15, 0.2) is 46.0 Å². The molecule has 228 valence electrons. The number of halogens is 2. The lowest BCUT2D eigenvalue weighted by atomic mass is 9.75. The Labute approximate surface area is 257 Å². The van der Waals surface area contributed by atoms with Gasteiger partial charge in [0.15, 0.2) is 10.8 Å². The third-order valence-corrected chi connectivity index (χ3v) is 9.67. The Hall–Kier alpha value is -3.55. The van der Waals surface area contributed by atoms with Crippen LogP contribution in [0, 0.1) is 17.7 Å². The molecule has 43 heavy (non-hydrogen) atoms. The van der Waals surface area contributed by atoms with Gasteiger partial charge in [0.05, 0.1) is 29.2 Å². The molecule has 0 radical (unpaired) electrons. The van der Waals surface area contributed by atoms with Gasteiger partial charge in [-0.3, -0.25) is 14.7 Å². The summed E-state index contributed by atoms with van der Waals surface area (Å²) < 4.78 is 20.0. The van der Waals surface area contributed by atoms with Crippen LogP contribution in [0.4, 0.5) is 9.18 Å². The van der Waals surface area contributed by atoms with E-state index in [4.69, 9.17) is 21.3 Å². The summed E-state index contributed by atoms with van der Waals surface area (Å²) in [5, 5.41) is 14.8. The molecule has 1 saturated carbocycles. The minimum Gasteiger partial charge on any atom is -0.481 e. The molecular weight excluding hydrogens is 599 g/mol. The molecule has 2 amide bonds. The molecule has 2 atom stereocenters. The maximum Gasteiger partial charge on any atom is 0.338 e. The number of benzene rings is 1. The minimum atomic E-state index is -0.917. The molecule has 0 spiro atoms. The van der Waals surface area contributed by atoms with Gasteiger partial charge in [0.1, 0.15) is 11.9 Å². The van der Waals surface area contributed by atoms with Crippen molar-refractivity contribution in [2.24, 2.45) is 16.8 Å². The second-order valence-corrected chi connectivity index (χ2v) is 12.5. The summed E-state index contributed by atoms with van der Waals surface area (Å²) >= 11 is 7.80. The van der Waals surface area contributed by atoms with Gasteiger partial charge in [-0.2, -0.15) is 0 Å². The maximum atomic E-state index is 14.6. The molecule has 4 aliphatic rings. The van der Waals surface area contributed by atoms with Crippen LogP contribution in [0.5, 0.6) is 0 Å². The molecule has 2 saturated heterocycles. The standard InChI is InChI=1S/C29H32ClFN6O5S/c1-2-42-28(40)22-21(33-25(26-32-6-9-43-26)34-24(22)19-4-3-5-20(31)23(19)30)15-35-7-8-37-18(13-35)14-36(29(37)41)12-16-10-17(11-16)27(38)39/h3-6,9,16-18,24H,2,7-8,10-15H2,1H3,(H,33,34)(H,38,39)/t16?,17?,18-,24-/m0/s1. The van der Waals surface area contributed by atoms with Crippen LogP contribution < -0.4 is 5.32 Å². The topological polar surface area (TPSA) is 128 Å². The normalized spacial score (nSPS) is 25.7. The summed E-state index contributed by atoms with van der Waals surface area (Å²) in [5.41, 5.74) is 1.16. The molecule has 1 aromatic heterocycles. The predicted molar refractivity (Wildman–Crippen MR) is 157 cm³/mol.